The fraction of sp³-hybridized carbons (Fsp3) is 0.429. The number of aromatic hydroxyl groups is 2. The largest absolute Gasteiger partial charge is 0.494 e. The molecule has 0 atom stereocenters. The van der Waals surface area contributed by atoms with Gasteiger partial charge in [0.25, 0.3) is 0 Å². The molecule has 23 heavy (non-hydrogen) atoms. The van der Waals surface area contributed by atoms with Crippen molar-refractivity contribution in [3.63, 3.8) is 0 Å². The maximum atomic E-state index is 10.4. The molecular formula is C14H21N5O2S2. The molecule has 0 saturated heterocycles. The van der Waals surface area contributed by atoms with Crippen LogP contribution in [0.4, 0.5) is 0 Å². The van der Waals surface area contributed by atoms with Gasteiger partial charge in [0, 0.05) is 20.1 Å². The van der Waals surface area contributed by atoms with Gasteiger partial charge in [-0.25, -0.2) is 0 Å². The van der Waals surface area contributed by atoms with Gasteiger partial charge in [-0.1, -0.05) is 34.8 Å². The highest BCUT2D eigenvalue weighted by molar-refractivity contribution is 7.09. The number of rotatable bonds is 5. The van der Waals surface area contributed by atoms with Gasteiger partial charge in [-0.05, 0) is 21.0 Å². The molecule has 0 bridgehead atoms. The van der Waals surface area contributed by atoms with Crippen molar-refractivity contribution in [1.29, 1.82) is 0 Å². The third kappa shape index (κ3) is 4.12. The van der Waals surface area contributed by atoms with Crippen molar-refractivity contribution in [2.45, 2.75) is 20.0 Å². The minimum absolute atomic E-state index is 0.140. The predicted octanol–water partition coefficient (Wildman–Crippen LogP) is 1.42. The Hall–Kier alpha value is -1.84. The van der Waals surface area contributed by atoms with Crippen LogP contribution in [0.2, 0.25) is 0 Å². The van der Waals surface area contributed by atoms with Gasteiger partial charge >= 0.3 is 0 Å². The number of allylic oxidation sites excluding steroid dienone is 1. The van der Waals surface area contributed by atoms with Gasteiger partial charge in [-0.15, -0.1) is 10.2 Å². The van der Waals surface area contributed by atoms with E-state index in [1.165, 1.54) is 22.7 Å². The van der Waals surface area contributed by atoms with Crippen molar-refractivity contribution in [2.75, 3.05) is 14.1 Å². The van der Waals surface area contributed by atoms with Crippen molar-refractivity contribution in [1.82, 2.24) is 14.0 Å². The Labute approximate surface area is 142 Å². The van der Waals surface area contributed by atoms with Gasteiger partial charge in [0.05, 0.1) is 10.3 Å². The maximum Gasteiger partial charge on any atom is 0.214 e. The Bertz CT molecular complexity index is 838. The topological polar surface area (TPSA) is 78.3 Å². The molecule has 0 aliphatic carbocycles. The smallest absolute Gasteiger partial charge is 0.214 e. The normalized spacial score (nSPS) is 13.3. The van der Waals surface area contributed by atoms with Gasteiger partial charge in [0.2, 0.25) is 21.4 Å². The zero-order valence-corrected chi connectivity index (χ0v) is 15.3. The molecule has 126 valence electrons. The molecule has 0 fully saturated rings. The van der Waals surface area contributed by atoms with Gasteiger partial charge in [-0.3, -0.25) is 9.13 Å². The molecule has 0 unspecified atom stereocenters. The van der Waals surface area contributed by atoms with E-state index >= 15 is 0 Å². The van der Waals surface area contributed by atoms with Crippen LogP contribution >= 0.6 is 22.7 Å². The number of nitrogens with zero attached hydrogens (tertiary/aromatic N) is 5. The summed E-state index contributed by atoms with van der Waals surface area (Å²) in [4.78, 5) is 3.97. The van der Waals surface area contributed by atoms with Crippen LogP contribution in [0.25, 0.3) is 0 Å². The number of hydrogen-bond donors (Lipinski definition) is 2. The summed E-state index contributed by atoms with van der Waals surface area (Å²) in [5, 5.41) is 30.0. The first-order valence-corrected chi connectivity index (χ1v) is 8.61. The molecule has 0 aromatic carbocycles. The Morgan fingerprint density at radius 1 is 1.30 bits per heavy atom. The van der Waals surface area contributed by atoms with Gasteiger partial charge in [-0.2, -0.15) is 0 Å². The zero-order valence-electron chi connectivity index (χ0n) is 13.6. The molecule has 2 aromatic rings. The fourth-order valence-corrected chi connectivity index (χ4v) is 3.66. The Morgan fingerprint density at radius 2 is 1.96 bits per heavy atom. The van der Waals surface area contributed by atoms with Crippen LogP contribution in [0.1, 0.15) is 11.8 Å². The van der Waals surface area contributed by atoms with Gasteiger partial charge in [0.15, 0.2) is 0 Å². The van der Waals surface area contributed by atoms with Crippen molar-refractivity contribution in [2.24, 2.45) is 17.3 Å². The van der Waals surface area contributed by atoms with E-state index < -0.39 is 0 Å². The average Bonchev–Trinajstić information content (AvgIpc) is 2.91. The van der Waals surface area contributed by atoms with Crippen LogP contribution in [0.3, 0.4) is 0 Å². The highest BCUT2D eigenvalue weighted by Crippen LogP contribution is 2.22. The number of hydrogen-bond acceptors (Lipinski definition) is 7. The molecular weight excluding hydrogens is 334 g/mol. The van der Waals surface area contributed by atoms with Crippen LogP contribution in [0.15, 0.2) is 27.7 Å². The minimum atomic E-state index is 0.140. The molecule has 2 heterocycles. The highest BCUT2D eigenvalue weighted by atomic mass is 32.1. The number of aromatic nitrogens is 2. The third-order valence-corrected chi connectivity index (χ3v) is 4.90. The monoisotopic (exact) mass is 355 g/mol. The van der Waals surface area contributed by atoms with Crippen molar-refractivity contribution < 1.29 is 10.2 Å². The second kappa shape index (κ2) is 7.16. The van der Waals surface area contributed by atoms with Crippen LogP contribution < -0.4 is 9.60 Å². The second-order valence-corrected chi connectivity index (χ2v) is 7.45. The highest BCUT2D eigenvalue weighted by Gasteiger charge is 2.13. The lowest BCUT2D eigenvalue weighted by Gasteiger charge is -2.08. The third-order valence-electron chi connectivity index (χ3n) is 2.96. The fourth-order valence-electron chi connectivity index (χ4n) is 1.87. The first-order valence-electron chi connectivity index (χ1n) is 6.91. The zero-order chi connectivity index (χ0) is 17.1. The van der Waals surface area contributed by atoms with E-state index in [1.807, 2.05) is 25.9 Å². The lowest BCUT2D eigenvalue weighted by molar-refractivity contribution is 0.374. The molecule has 0 spiro atoms. The molecule has 9 heteroatoms. The Morgan fingerprint density at radius 3 is 2.48 bits per heavy atom. The Kier molecular flexibility index (Phi) is 5.45. The van der Waals surface area contributed by atoms with E-state index in [2.05, 4.69) is 16.8 Å². The first kappa shape index (κ1) is 17.5. The summed E-state index contributed by atoms with van der Waals surface area (Å²) in [5.41, 5.74) is 0.912. The van der Waals surface area contributed by atoms with Gasteiger partial charge < -0.3 is 15.1 Å². The summed E-state index contributed by atoms with van der Waals surface area (Å²) in [6, 6.07) is 0. The molecule has 2 N–H and O–H groups in total. The van der Waals surface area contributed by atoms with Gasteiger partial charge in [0.1, 0.15) is 0 Å². The van der Waals surface area contributed by atoms with E-state index in [9.17, 15) is 10.2 Å². The molecule has 0 saturated carbocycles. The summed E-state index contributed by atoms with van der Waals surface area (Å²) < 4.78 is 3.24. The van der Waals surface area contributed by atoms with E-state index in [-0.39, 0.29) is 11.8 Å². The van der Waals surface area contributed by atoms with Crippen molar-refractivity contribution in [3.05, 3.63) is 32.0 Å². The first-order chi connectivity index (χ1) is 10.8. The van der Waals surface area contributed by atoms with Crippen LogP contribution in [-0.4, -0.2) is 38.3 Å². The summed E-state index contributed by atoms with van der Waals surface area (Å²) in [7, 11) is 5.60. The summed E-state index contributed by atoms with van der Waals surface area (Å²) in [5.74, 6) is 0.333. The molecule has 0 radical (unpaired) electrons. The molecule has 7 nitrogen and oxygen atoms in total. The van der Waals surface area contributed by atoms with E-state index in [0.29, 0.717) is 22.7 Å². The summed E-state index contributed by atoms with van der Waals surface area (Å²) in [6.45, 7) is 6.89. The predicted molar refractivity (Wildman–Crippen MR) is 92.3 cm³/mol. The average molecular weight is 355 g/mol. The van der Waals surface area contributed by atoms with E-state index in [1.54, 1.807) is 21.6 Å². The van der Waals surface area contributed by atoms with Crippen molar-refractivity contribution in [3.8, 4) is 11.8 Å². The lowest BCUT2D eigenvalue weighted by Crippen LogP contribution is -2.16. The van der Waals surface area contributed by atoms with Crippen LogP contribution in [0, 0.1) is 0 Å². The van der Waals surface area contributed by atoms with Crippen molar-refractivity contribution >= 4 is 22.7 Å². The minimum Gasteiger partial charge on any atom is -0.494 e. The molecule has 2 rings (SSSR count). The van der Waals surface area contributed by atoms with Crippen LogP contribution in [-0.2, 0) is 20.1 Å². The SMILES string of the molecule is C=C(C)Cn1c(O)c(CN(C)C)sc1=N/N=c1\scc(O)n1C. The lowest BCUT2D eigenvalue weighted by atomic mass is 10.3. The summed E-state index contributed by atoms with van der Waals surface area (Å²) in [6.07, 6.45) is 0. The van der Waals surface area contributed by atoms with E-state index in [4.69, 9.17) is 0 Å². The van der Waals surface area contributed by atoms with Crippen LogP contribution in [0.5, 0.6) is 11.8 Å². The molecule has 0 aliphatic rings. The molecule has 0 amide bonds. The number of thiazole rings is 2. The standard InChI is InChI=1S/C14H21N5O2S2/c1-9(2)6-19-12(21)10(7-17(3)4)23-14(19)16-15-13-18(5)11(20)8-22-13/h8,20-21H,1,6-7H2,2-5H3/b15-13-,16-14?. The summed E-state index contributed by atoms with van der Waals surface area (Å²) >= 11 is 2.69. The quantitative estimate of drug-likeness (QED) is 0.629. The molecule has 0 aliphatic heterocycles. The van der Waals surface area contributed by atoms with E-state index in [0.717, 1.165) is 10.5 Å². The molecule has 2 aromatic heterocycles. The Balaban J connectivity index is 2.55. The maximum absolute atomic E-state index is 10.4. The second-order valence-electron chi connectivity index (χ2n) is 5.55.